The highest BCUT2D eigenvalue weighted by atomic mass is 79.9. The summed E-state index contributed by atoms with van der Waals surface area (Å²) in [6.45, 7) is 4.07. The quantitative estimate of drug-likeness (QED) is 0.666. The van der Waals surface area contributed by atoms with Gasteiger partial charge in [-0.25, -0.2) is 0 Å². The summed E-state index contributed by atoms with van der Waals surface area (Å²) in [6, 6.07) is 10.1. The molecule has 0 N–H and O–H groups in total. The summed E-state index contributed by atoms with van der Waals surface area (Å²) in [5.74, 6) is 1.47. The van der Waals surface area contributed by atoms with Crippen LogP contribution in [0.2, 0.25) is 5.02 Å². The third kappa shape index (κ3) is 3.35. The number of halogens is 2. The molecule has 0 saturated heterocycles. The Morgan fingerprint density at radius 3 is 2.14 bits per heavy atom. The van der Waals surface area contributed by atoms with E-state index < -0.39 is 0 Å². The molecule has 0 bridgehead atoms. The van der Waals surface area contributed by atoms with Crippen LogP contribution >= 0.6 is 27.5 Å². The lowest BCUT2D eigenvalue weighted by atomic mass is 9.98. The molecular formula is C17H18BrClO2. The van der Waals surface area contributed by atoms with Gasteiger partial charge < -0.3 is 9.47 Å². The number of rotatable bonds is 4. The Morgan fingerprint density at radius 2 is 1.57 bits per heavy atom. The maximum atomic E-state index is 6.10. The molecule has 1 unspecified atom stereocenters. The van der Waals surface area contributed by atoms with Crippen molar-refractivity contribution >= 4 is 27.5 Å². The minimum absolute atomic E-state index is 0.0771. The van der Waals surface area contributed by atoms with E-state index in [2.05, 4.69) is 28.9 Å². The van der Waals surface area contributed by atoms with Gasteiger partial charge in [0.25, 0.3) is 0 Å². The van der Waals surface area contributed by atoms with E-state index in [4.69, 9.17) is 21.1 Å². The Bertz CT molecular complexity index is 655. The van der Waals surface area contributed by atoms with Gasteiger partial charge in [-0.15, -0.1) is 0 Å². The standard InChI is InChI=1S/C17H18BrClO2/c1-10-8-15(20-3)16(21-4)9-13(10)17(18)12-5-6-14(19)11(2)7-12/h5-9,17H,1-4H3. The Morgan fingerprint density at radius 1 is 0.952 bits per heavy atom. The fourth-order valence-electron chi connectivity index (χ4n) is 2.27. The number of benzene rings is 2. The molecule has 0 aromatic heterocycles. The molecule has 2 rings (SSSR count). The molecule has 2 aromatic rings. The summed E-state index contributed by atoms with van der Waals surface area (Å²) >= 11 is 9.87. The normalized spacial score (nSPS) is 12.1. The van der Waals surface area contributed by atoms with Crippen LogP contribution in [-0.2, 0) is 0 Å². The SMILES string of the molecule is COc1cc(C)c(C(Br)c2ccc(Cl)c(C)c2)cc1OC. The Kier molecular flexibility index (Phi) is 5.17. The molecule has 21 heavy (non-hydrogen) atoms. The maximum Gasteiger partial charge on any atom is 0.161 e. The molecule has 1 atom stereocenters. The molecule has 0 heterocycles. The zero-order valence-corrected chi connectivity index (χ0v) is 14.9. The average molecular weight is 370 g/mol. The molecule has 0 spiro atoms. The number of ether oxygens (including phenoxy) is 2. The molecule has 0 radical (unpaired) electrons. The summed E-state index contributed by atoms with van der Waals surface area (Å²) in [7, 11) is 3.29. The lowest BCUT2D eigenvalue weighted by Gasteiger charge is -2.17. The van der Waals surface area contributed by atoms with E-state index in [1.807, 2.05) is 31.2 Å². The first-order valence-electron chi connectivity index (χ1n) is 6.60. The lowest BCUT2D eigenvalue weighted by Crippen LogP contribution is -2.00. The molecule has 0 aliphatic carbocycles. The van der Waals surface area contributed by atoms with Crippen molar-refractivity contribution in [3.8, 4) is 11.5 Å². The molecule has 2 aromatic carbocycles. The fourth-order valence-corrected chi connectivity index (χ4v) is 3.17. The van der Waals surface area contributed by atoms with Gasteiger partial charge in [-0.05, 0) is 54.3 Å². The highest BCUT2D eigenvalue weighted by Gasteiger charge is 2.17. The van der Waals surface area contributed by atoms with Gasteiger partial charge in [0.1, 0.15) is 0 Å². The number of hydrogen-bond donors (Lipinski definition) is 0. The van der Waals surface area contributed by atoms with Crippen LogP contribution in [0.4, 0.5) is 0 Å². The van der Waals surface area contributed by atoms with Gasteiger partial charge in [0.15, 0.2) is 11.5 Å². The zero-order chi connectivity index (χ0) is 15.6. The van der Waals surface area contributed by atoms with Gasteiger partial charge in [0, 0.05) is 5.02 Å². The van der Waals surface area contributed by atoms with Crippen molar-refractivity contribution in [2.24, 2.45) is 0 Å². The summed E-state index contributed by atoms with van der Waals surface area (Å²) < 4.78 is 10.7. The maximum absolute atomic E-state index is 6.10. The van der Waals surface area contributed by atoms with Crippen molar-refractivity contribution in [1.29, 1.82) is 0 Å². The molecule has 2 nitrogen and oxygen atoms in total. The first kappa shape index (κ1) is 16.2. The molecule has 4 heteroatoms. The molecule has 112 valence electrons. The van der Waals surface area contributed by atoms with Gasteiger partial charge >= 0.3 is 0 Å². The second-order valence-electron chi connectivity index (χ2n) is 4.93. The van der Waals surface area contributed by atoms with E-state index in [1.165, 1.54) is 0 Å². The Labute approximate surface area is 139 Å². The van der Waals surface area contributed by atoms with E-state index in [1.54, 1.807) is 14.2 Å². The number of alkyl halides is 1. The number of aryl methyl sites for hydroxylation is 2. The largest absolute Gasteiger partial charge is 0.493 e. The van der Waals surface area contributed by atoms with Crippen LogP contribution in [0.1, 0.15) is 27.1 Å². The second kappa shape index (κ2) is 6.71. The van der Waals surface area contributed by atoms with Crippen LogP contribution in [0.5, 0.6) is 11.5 Å². The summed E-state index contributed by atoms with van der Waals surface area (Å²) in [5.41, 5.74) is 4.51. The van der Waals surface area contributed by atoms with Gasteiger partial charge in [0.2, 0.25) is 0 Å². The smallest absolute Gasteiger partial charge is 0.161 e. The molecule has 0 aliphatic heterocycles. The van der Waals surface area contributed by atoms with Gasteiger partial charge in [-0.2, -0.15) is 0 Å². The highest BCUT2D eigenvalue weighted by molar-refractivity contribution is 9.09. The van der Waals surface area contributed by atoms with Crippen molar-refractivity contribution in [2.45, 2.75) is 18.7 Å². The van der Waals surface area contributed by atoms with Crippen LogP contribution in [-0.4, -0.2) is 14.2 Å². The lowest BCUT2D eigenvalue weighted by molar-refractivity contribution is 0.354. The van der Waals surface area contributed by atoms with E-state index >= 15 is 0 Å². The predicted octanol–water partition coefficient (Wildman–Crippen LogP) is 5.46. The fraction of sp³-hybridized carbons (Fsp3) is 0.294. The number of methoxy groups -OCH3 is 2. The summed E-state index contributed by atoms with van der Waals surface area (Å²) in [6.07, 6.45) is 0. The van der Waals surface area contributed by atoms with E-state index in [9.17, 15) is 0 Å². The van der Waals surface area contributed by atoms with Crippen molar-refractivity contribution in [3.63, 3.8) is 0 Å². The highest BCUT2D eigenvalue weighted by Crippen LogP contribution is 2.39. The van der Waals surface area contributed by atoms with E-state index in [0.717, 1.165) is 38.8 Å². The van der Waals surface area contributed by atoms with Crippen LogP contribution in [0.15, 0.2) is 30.3 Å². The van der Waals surface area contributed by atoms with Crippen LogP contribution in [0, 0.1) is 13.8 Å². The minimum Gasteiger partial charge on any atom is -0.493 e. The molecule has 0 aliphatic rings. The van der Waals surface area contributed by atoms with E-state index in [0.29, 0.717) is 0 Å². The van der Waals surface area contributed by atoms with Crippen molar-refractivity contribution in [2.75, 3.05) is 14.2 Å². The summed E-state index contributed by atoms with van der Waals surface area (Å²) in [5, 5.41) is 0.780. The average Bonchev–Trinajstić information content (AvgIpc) is 2.49. The third-order valence-electron chi connectivity index (χ3n) is 3.52. The molecule has 0 saturated carbocycles. The molecular weight excluding hydrogens is 352 g/mol. The van der Waals surface area contributed by atoms with Gasteiger partial charge in [0.05, 0.1) is 19.0 Å². The predicted molar refractivity (Wildman–Crippen MR) is 91.2 cm³/mol. The minimum atomic E-state index is 0.0771. The second-order valence-corrected chi connectivity index (χ2v) is 6.26. The monoisotopic (exact) mass is 368 g/mol. The van der Waals surface area contributed by atoms with Crippen LogP contribution in [0.25, 0.3) is 0 Å². The topological polar surface area (TPSA) is 18.5 Å². The van der Waals surface area contributed by atoms with E-state index in [-0.39, 0.29) is 4.83 Å². The zero-order valence-electron chi connectivity index (χ0n) is 12.5. The van der Waals surface area contributed by atoms with Gasteiger partial charge in [-0.3, -0.25) is 0 Å². The Balaban J connectivity index is 2.47. The molecule has 0 amide bonds. The number of hydrogen-bond acceptors (Lipinski definition) is 2. The summed E-state index contributed by atoms with van der Waals surface area (Å²) in [4.78, 5) is 0.0771. The first-order chi connectivity index (χ1) is 9.97. The first-order valence-corrected chi connectivity index (χ1v) is 7.90. The molecule has 0 fully saturated rings. The van der Waals surface area contributed by atoms with Crippen LogP contribution in [0.3, 0.4) is 0 Å². The van der Waals surface area contributed by atoms with Crippen molar-refractivity contribution < 1.29 is 9.47 Å². The van der Waals surface area contributed by atoms with Crippen molar-refractivity contribution in [3.05, 3.63) is 57.6 Å². The van der Waals surface area contributed by atoms with Gasteiger partial charge in [-0.1, -0.05) is 39.7 Å². The van der Waals surface area contributed by atoms with Crippen molar-refractivity contribution in [1.82, 2.24) is 0 Å². The van der Waals surface area contributed by atoms with Crippen LogP contribution < -0.4 is 9.47 Å². The third-order valence-corrected chi connectivity index (χ3v) is 4.97. The Hall–Kier alpha value is -1.19.